The van der Waals surface area contributed by atoms with Crippen LogP contribution in [-0.4, -0.2) is 35.4 Å². The highest BCUT2D eigenvalue weighted by Crippen LogP contribution is 2.26. The quantitative estimate of drug-likeness (QED) is 0.620. The van der Waals surface area contributed by atoms with E-state index in [1.165, 1.54) is 6.07 Å². The number of non-ortho nitro benzene ring substituents is 1. The molecule has 7 nitrogen and oxygen atoms in total. The SMILES string of the molecule is CNc1ccc([N+](=O)[O-])cc1CN1CCCC1C(N)=O. The average molecular weight is 278 g/mol. The number of benzene rings is 1. The molecule has 1 aromatic carbocycles. The molecule has 0 saturated carbocycles. The molecule has 7 heteroatoms. The van der Waals surface area contributed by atoms with Crippen molar-refractivity contribution in [3.8, 4) is 0 Å². The Morgan fingerprint density at radius 3 is 2.95 bits per heavy atom. The molecule has 1 aliphatic rings. The number of carbonyl (C=O) groups excluding carboxylic acids is 1. The normalized spacial score (nSPS) is 18.9. The number of rotatable bonds is 5. The second-order valence-electron chi connectivity index (χ2n) is 4.88. The molecule has 20 heavy (non-hydrogen) atoms. The summed E-state index contributed by atoms with van der Waals surface area (Å²) in [5, 5.41) is 13.9. The van der Waals surface area contributed by atoms with Gasteiger partial charge in [0.1, 0.15) is 0 Å². The third kappa shape index (κ3) is 2.88. The number of nitrogens with one attached hydrogen (secondary N) is 1. The van der Waals surface area contributed by atoms with E-state index in [1.54, 1.807) is 19.2 Å². The molecule has 0 aliphatic carbocycles. The Morgan fingerprint density at radius 2 is 2.35 bits per heavy atom. The third-order valence-corrected chi connectivity index (χ3v) is 3.63. The monoisotopic (exact) mass is 278 g/mol. The van der Waals surface area contributed by atoms with Crippen molar-refractivity contribution in [3.05, 3.63) is 33.9 Å². The van der Waals surface area contributed by atoms with Crippen LogP contribution in [0, 0.1) is 10.1 Å². The Balaban J connectivity index is 2.25. The van der Waals surface area contributed by atoms with Crippen LogP contribution >= 0.6 is 0 Å². The third-order valence-electron chi connectivity index (χ3n) is 3.63. The Morgan fingerprint density at radius 1 is 1.60 bits per heavy atom. The molecule has 1 aromatic rings. The zero-order chi connectivity index (χ0) is 14.7. The number of hydrogen-bond acceptors (Lipinski definition) is 5. The fourth-order valence-electron chi connectivity index (χ4n) is 2.62. The topological polar surface area (TPSA) is 102 Å². The van der Waals surface area contributed by atoms with E-state index in [0.717, 1.165) is 30.6 Å². The molecule has 2 rings (SSSR count). The number of nitrogens with zero attached hydrogens (tertiary/aromatic N) is 2. The highest BCUT2D eigenvalue weighted by atomic mass is 16.6. The zero-order valence-electron chi connectivity index (χ0n) is 11.3. The molecule has 0 spiro atoms. The maximum absolute atomic E-state index is 11.4. The highest BCUT2D eigenvalue weighted by Gasteiger charge is 2.29. The number of nitro groups is 1. The smallest absolute Gasteiger partial charge is 0.269 e. The minimum atomic E-state index is -0.418. The summed E-state index contributed by atoms with van der Waals surface area (Å²) in [6.45, 7) is 1.25. The molecule has 1 fully saturated rings. The number of nitrogens with two attached hydrogens (primary N) is 1. The van der Waals surface area contributed by atoms with Gasteiger partial charge in [-0.2, -0.15) is 0 Å². The lowest BCUT2D eigenvalue weighted by atomic mass is 10.1. The van der Waals surface area contributed by atoms with Crippen LogP contribution in [-0.2, 0) is 11.3 Å². The fourth-order valence-corrected chi connectivity index (χ4v) is 2.62. The molecule has 1 saturated heterocycles. The minimum Gasteiger partial charge on any atom is -0.388 e. The van der Waals surface area contributed by atoms with Crippen molar-refractivity contribution in [1.82, 2.24) is 4.90 Å². The number of hydrogen-bond donors (Lipinski definition) is 2. The molecular formula is C13H18N4O3. The second-order valence-corrected chi connectivity index (χ2v) is 4.88. The predicted octanol–water partition coefficient (Wildman–Crippen LogP) is 1.09. The molecule has 0 bridgehead atoms. The van der Waals surface area contributed by atoms with Crippen LogP contribution in [0.25, 0.3) is 0 Å². The number of primary amides is 1. The van der Waals surface area contributed by atoms with Crippen molar-refractivity contribution in [2.24, 2.45) is 5.73 Å². The van der Waals surface area contributed by atoms with Gasteiger partial charge in [0.25, 0.3) is 5.69 Å². The largest absolute Gasteiger partial charge is 0.388 e. The van der Waals surface area contributed by atoms with Crippen LogP contribution in [0.15, 0.2) is 18.2 Å². The van der Waals surface area contributed by atoms with Gasteiger partial charge in [0.05, 0.1) is 11.0 Å². The summed E-state index contributed by atoms with van der Waals surface area (Å²) >= 11 is 0. The molecular weight excluding hydrogens is 260 g/mol. The molecule has 1 aliphatic heterocycles. The van der Waals surface area contributed by atoms with Crippen LogP contribution in [0.1, 0.15) is 18.4 Å². The van der Waals surface area contributed by atoms with Gasteiger partial charge >= 0.3 is 0 Å². The van der Waals surface area contributed by atoms with Gasteiger partial charge < -0.3 is 11.1 Å². The fraction of sp³-hybridized carbons (Fsp3) is 0.462. The van der Waals surface area contributed by atoms with Crippen LogP contribution in [0.4, 0.5) is 11.4 Å². The second kappa shape index (κ2) is 5.87. The molecule has 1 amide bonds. The van der Waals surface area contributed by atoms with Gasteiger partial charge in [0, 0.05) is 31.4 Å². The summed E-state index contributed by atoms with van der Waals surface area (Å²) in [7, 11) is 1.76. The standard InChI is InChI=1S/C13H18N4O3/c1-15-11-5-4-10(17(19)20)7-9(11)8-16-6-2-3-12(16)13(14)18/h4-5,7,12,15H,2-3,6,8H2,1H3,(H2,14,18). The maximum Gasteiger partial charge on any atom is 0.269 e. The molecule has 0 radical (unpaired) electrons. The number of amides is 1. The number of likely N-dealkylation sites (tertiary alicyclic amines) is 1. The number of nitro benzene ring substituents is 1. The van der Waals surface area contributed by atoms with Crippen molar-refractivity contribution in [1.29, 1.82) is 0 Å². The zero-order valence-corrected chi connectivity index (χ0v) is 11.3. The number of anilines is 1. The first-order chi connectivity index (χ1) is 9.52. The summed E-state index contributed by atoms with van der Waals surface area (Å²) in [5.74, 6) is -0.334. The van der Waals surface area contributed by atoms with E-state index in [4.69, 9.17) is 5.73 Å². The van der Waals surface area contributed by atoms with Crippen molar-refractivity contribution in [2.45, 2.75) is 25.4 Å². The predicted molar refractivity (Wildman–Crippen MR) is 75.3 cm³/mol. The molecule has 3 N–H and O–H groups in total. The van der Waals surface area contributed by atoms with E-state index in [-0.39, 0.29) is 17.6 Å². The van der Waals surface area contributed by atoms with Gasteiger partial charge in [-0.25, -0.2) is 0 Å². The van der Waals surface area contributed by atoms with Gasteiger partial charge in [-0.3, -0.25) is 19.8 Å². The summed E-state index contributed by atoms with van der Waals surface area (Å²) in [6.07, 6.45) is 1.66. The Kier molecular flexibility index (Phi) is 4.19. The molecule has 108 valence electrons. The van der Waals surface area contributed by atoms with E-state index >= 15 is 0 Å². The lowest BCUT2D eigenvalue weighted by Gasteiger charge is -2.23. The van der Waals surface area contributed by atoms with Gasteiger partial charge in [-0.05, 0) is 31.0 Å². The molecule has 1 atom stereocenters. The molecule has 0 aromatic heterocycles. The van der Waals surface area contributed by atoms with E-state index in [2.05, 4.69) is 5.32 Å². The van der Waals surface area contributed by atoms with Gasteiger partial charge in [0.2, 0.25) is 5.91 Å². The average Bonchev–Trinajstić information content (AvgIpc) is 2.87. The lowest BCUT2D eigenvalue weighted by molar-refractivity contribution is -0.384. The first kappa shape index (κ1) is 14.3. The molecule has 1 unspecified atom stereocenters. The van der Waals surface area contributed by atoms with E-state index < -0.39 is 4.92 Å². The van der Waals surface area contributed by atoms with Crippen molar-refractivity contribution in [3.63, 3.8) is 0 Å². The van der Waals surface area contributed by atoms with Gasteiger partial charge in [-0.1, -0.05) is 0 Å². The van der Waals surface area contributed by atoms with Crippen molar-refractivity contribution >= 4 is 17.3 Å². The van der Waals surface area contributed by atoms with Gasteiger partial charge in [-0.15, -0.1) is 0 Å². The van der Waals surface area contributed by atoms with E-state index in [0.29, 0.717) is 6.54 Å². The van der Waals surface area contributed by atoms with Crippen LogP contribution < -0.4 is 11.1 Å². The van der Waals surface area contributed by atoms with Crippen LogP contribution in [0.3, 0.4) is 0 Å². The summed E-state index contributed by atoms with van der Waals surface area (Å²) in [6, 6.07) is 4.41. The van der Waals surface area contributed by atoms with Crippen LogP contribution in [0.2, 0.25) is 0 Å². The Hall–Kier alpha value is -2.15. The van der Waals surface area contributed by atoms with Crippen LogP contribution in [0.5, 0.6) is 0 Å². The van der Waals surface area contributed by atoms with Crippen molar-refractivity contribution < 1.29 is 9.72 Å². The summed E-state index contributed by atoms with van der Waals surface area (Å²) in [5.41, 5.74) is 7.06. The first-order valence-electron chi connectivity index (χ1n) is 6.51. The minimum absolute atomic E-state index is 0.0498. The maximum atomic E-state index is 11.4. The summed E-state index contributed by atoms with van der Waals surface area (Å²) < 4.78 is 0. The summed E-state index contributed by atoms with van der Waals surface area (Å²) in [4.78, 5) is 23.8. The number of carbonyl (C=O) groups is 1. The lowest BCUT2D eigenvalue weighted by Crippen LogP contribution is -2.39. The van der Waals surface area contributed by atoms with Crippen molar-refractivity contribution in [2.75, 3.05) is 18.9 Å². The van der Waals surface area contributed by atoms with E-state index in [1.807, 2.05) is 4.90 Å². The van der Waals surface area contributed by atoms with Gasteiger partial charge in [0.15, 0.2) is 0 Å². The molecule has 1 heterocycles. The highest BCUT2D eigenvalue weighted by molar-refractivity contribution is 5.80. The Labute approximate surface area is 116 Å². The Bertz CT molecular complexity index is 532. The first-order valence-corrected chi connectivity index (χ1v) is 6.51. The van der Waals surface area contributed by atoms with E-state index in [9.17, 15) is 14.9 Å².